The Morgan fingerprint density at radius 3 is 2.71 bits per heavy atom. The second kappa shape index (κ2) is 8.84. The highest BCUT2D eigenvalue weighted by molar-refractivity contribution is 5.82. The third-order valence-electron chi connectivity index (χ3n) is 6.86. The molecule has 0 radical (unpaired) electrons. The Balaban J connectivity index is 1.31. The number of aromatic nitrogens is 4. The molecule has 2 fully saturated rings. The Morgan fingerprint density at radius 1 is 1.11 bits per heavy atom. The first-order chi connectivity index (χ1) is 17.0. The number of anilines is 3. The van der Waals surface area contributed by atoms with Crippen LogP contribution in [0.2, 0.25) is 0 Å². The second-order valence-electron chi connectivity index (χ2n) is 9.45. The number of aromatic amines is 1. The maximum Gasteiger partial charge on any atom is 0.326 e. The van der Waals surface area contributed by atoms with Crippen molar-refractivity contribution in [1.82, 2.24) is 25.0 Å². The zero-order valence-electron chi connectivity index (χ0n) is 19.8. The second-order valence-corrected chi connectivity index (χ2v) is 9.45. The van der Waals surface area contributed by atoms with Gasteiger partial charge in [0.2, 0.25) is 5.88 Å². The molecule has 2 N–H and O–H groups in total. The molecule has 10 heteroatoms. The minimum atomic E-state index is -0.449. The van der Waals surface area contributed by atoms with Gasteiger partial charge < -0.3 is 29.4 Å². The lowest BCUT2D eigenvalue weighted by Crippen LogP contribution is -2.44. The number of ether oxygens (including phenoxy) is 1. The van der Waals surface area contributed by atoms with Crippen LogP contribution < -0.4 is 15.0 Å². The van der Waals surface area contributed by atoms with E-state index in [1.807, 2.05) is 19.1 Å². The summed E-state index contributed by atoms with van der Waals surface area (Å²) in [5.41, 5.74) is 2.55. The standard InChI is InChI=1S/C25H28FN7O2/c1-15-12-17-18(27-15)6-7-20(24(17)26)34-25-29-21(14-22(30-25)33-10-8-32(2)9-11-33)28-23-13-19(31-35-23)16-4-3-5-16/h6-7,12-14,16,27H,3-5,8-11H2,1-2H3,(H,28,29,30). The monoisotopic (exact) mass is 477 g/mol. The van der Waals surface area contributed by atoms with Crippen molar-refractivity contribution in [2.75, 3.05) is 43.4 Å². The van der Waals surface area contributed by atoms with Gasteiger partial charge in [-0.25, -0.2) is 4.39 Å². The van der Waals surface area contributed by atoms with Crippen LogP contribution in [-0.2, 0) is 0 Å². The number of hydrogen-bond acceptors (Lipinski definition) is 8. The Labute approximate surface area is 202 Å². The molecule has 6 rings (SSSR count). The van der Waals surface area contributed by atoms with Crippen LogP contribution in [0.15, 0.2) is 34.9 Å². The van der Waals surface area contributed by atoms with E-state index < -0.39 is 5.82 Å². The molecule has 0 unspecified atom stereocenters. The number of rotatable bonds is 6. The molecule has 0 amide bonds. The van der Waals surface area contributed by atoms with E-state index in [0.717, 1.165) is 55.9 Å². The van der Waals surface area contributed by atoms with Gasteiger partial charge in [-0.15, -0.1) is 0 Å². The molecule has 2 aliphatic rings. The van der Waals surface area contributed by atoms with Gasteiger partial charge in [0.25, 0.3) is 0 Å². The van der Waals surface area contributed by atoms with Crippen molar-refractivity contribution in [2.45, 2.75) is 32.1 Å². The van der Waals surface area contributed by atoms with Crippen molar-refractivity contribution in [2.24, 2.45) is 0 Å². The van der Waals surface area contributed by atoms with Gasteiger partial charge in [0.05, 0.1) is 5.69 Å². The topological polar surface area (TPSA) is 95.3 Å². The van der Waals surface area contributed by atoms with E-state index in [1.165, 1.54) is 6.42 Å². The van der Waals surface area contributed by atoms with Crippen molar-refractivity contribution < 1.29 is 13.7 Å². The Kier molecular flexibility index (Phi) is 5.52. The Bertz CT molecular complexity index is 1360. The number of fused-ring (bicyclic) bond motifs is 1. The highest BCUT2D eigenvalue weighted by Crippen LogP contribution is 2.37. The number of H-pyrrole nitrogens is 1. The van der Waals surface area contributed by atoms with Crippen LogP contribution in [-0.4, -0.2) is 58.2 Å². The molecule has 0 spiro atoms. The van der Waals surface area contributed by atoms with Crippen LogP contribution in [0.25, 0.3) is 10.9 Å². The van der Waals surface area contributed by atoms with E-state index in [-0.39, 0.29) is 11.8 Å². The summed E-state index contributed by atoms with van der Waals surface area (Å²) in [6.07, 6.45) is 3.51. The maximum absolute atomic E-state index is 15.2. The fourth-order valence-corrected chi connectivity index (χ4v) is 4.56. The molecule has 1 saturated carbocycles. The third kappa shape index (κ3) is 4.41. The average molecular weight is 478 g/mol. The predicted octanol–water partition coefficient (Wildman–Crippen LogP) is 4.95. The van der Waals surface area contributed by atoms with Gasteiger partial charge in [-0.1, -0.05) is 11.6 Å². The van der Waals surface area contributed by atoms with E-state index in [9.17, 15) is 0 Å². The number of piperazine rings is 1. The van der Waals surface area contributed by atoms with E-state index in [2.05, 4.69) is 42.3 Å². The van der Waals surface area contributed by atoms with Gasteiger partial charge in [-0.3, -0.25) is 0 Å². The van der Waals surface area contributed by atoms with E-state index in [4.69, 9.17) is 9.26 Å². The molecule has 4 heterocycles. The quantitative estimate of drug-likeness (QED) is 0.403. The predicted molar refractivity (Wildman–Crippen MR) is 131 cm³/mol. The lowest BCUT2D eigenvalue weighted by Gasteiger charge is -2.33. The first-order valence-corrected chi connectivity index (χ1v) is 12.0. The van der Waals surface area contributed by atoms with Gasteiger partial charge in [0.15, 0.2) is 11.6 Å². The molecule has 3 aromatic heterocycles. The number of benzene rings is 1. The molecule has 1 saturated heterocycles. The highest BCUT2D eigenvalue weighted by atomic mass is 19.1. The van der Waals surface area contributed by atoms with Gasteiger partial charge in [-0.2, -0.15) is 9.97 Å². The first-order valence-electron chi connectivity index (χ1n) is 12.0. The fourth-order valence-electron chi connectivity index (χ4n) is 4.56. The molecule has 0 atom stereocenters. The van der Waals surface area contributed by atoms with Gasteiger partial charge >= 0.3 is 6.01 Å². The van der Waals surface area contributed by atoms with Crippen molar-refractivity contribution in [1.29, 1.82) is 0 Å². The molecule has 0 bridgehead atoms. The maximum atomic E-state index is 15.2. The van der Waals surface area contributed by atoms with Crippen LogP contribution in [0, 0.1) is 12.7 Å². The number of halogens is 1. The Morgan fingerprint density at radius 2 is 1.94 bits per heavy atom. The molecule has 35 heavy (non-hydrogen) atoms. The number of aryl methyl sites for hydroxylation is 1. The number of likely N-dealkylation sites (N-methyl/N-ethyl adjacent to an activating group) is 1. The van der Waals surface area contributed by atoms with E-state index >= 15 is 4.39 Å². The van der Waals surface area contributed by atoms with Crippen LogP contribution in [0.1, 0.15) is 36.6 Å². The summed E-state index contributed by atoms with van der Waals surface area (Å²) in [5, 5.41) is 7.87. The van der Waals surface area contributed by atoms with Crippen molar-refractivity contribution in [3.05, 3.63) is 47.5 Å². The van der Waals surface area contributed by atoms with Crippen LogP contribution in [0.3, 0.4) is 0 Å². The first kappa shape index (κ1) is 21.8. The van der Waals surface area contributed by atoms with Crippen LogP contribution in [0.5, 0.6) is 11.8 Å². The van der Waals surface area contributed by atoms with Gasteiger partial charge in [-0.05, 0) is 45.0 Å². The lowest BCUT2D eigenvalue weighted by atomic mass is 9.83. The normalized spacial score (nSPS) is 17.1. The van der Waals surface area contributed by atoms with Crippen molar-refractivity contribution in [3.63, 3.8) is 0 Å². The minimum Gasteiger partial charge on any atom is -0.421 e. The summed E-state index contributed by atoms with van der Waals surface area (Å²) in [6, 6.07) is 8.99. The summed E-state index contributed by atoms with van der Waals surface area (Å²) < 4.78 is 26.6. The van der Waals surface area contributed by atoms with Gasteiger partial charge in [0.1, 0.15) is 11.6 Å². The van der Waals surface area contributed by atoms with Crippen molar-refractivity contribution >= 4 is 28.4 Å². The summed E-state index contributed by atoms with van der Waals surface area (Å²) in [5.74, 6) is 1.81. The number of hydrogen-bond donors (Lipinski definition) is 2. The van der Waals surface area contributed by atoms with E-state index in [1.54, 1.807) is 18.2 Å². The smallest absolute Gasteiger partial charge is 0.326 e. The number of nitrogens with zero attached hydrogens (tertiary/aromatic N) is 5. The summed E-state index contributed by atoms with van der Waals surface area (Å²) in [4.78, 5) is 16.7. The highest BCUT2D eigenvalue weighted by Gasteiger charge is 2.24. The molecule has 182 valence electrons. The van der Waals surface area contributed by atoms with Crippen LogP contribution >= 0.6 is 0 Å². The fraction of sp³-hybridized carbons (Fsp3) is 0.400. The average Bonchev–Trinajstić information content (AvgIpc) is 3.41. The molecular formula is C25H28FN7O2. The minimum absolute atomic E-state index is 0.0631. The zero-order chi connectivity index (χ0) is 23.9. The largest absolute Gasteiger partial charge is 0.421 e. The molecule has 1 aromatic carbocycles. The summed E-state index contributed by atoms with van der Waals surface area (Å²) in [7, 11) is 2.10. The van der Waals surface area contributed by atoms with E-state index in [0.29, 0.717) is 28.8 Å². The third-order valence-corrected chi connectivity index (χ3v) is 6.86. The zero-order valence-corrected chi connectivity index (χ0v) is 19.8. The van der Waals surface area contributed by atoms with Crippen molar-refractivity contribution in [3.8, 4) is 11.8 Å². The molecular weight excluding hydrogens is 449 g/mol. The summed E-state index contributed by atoms with van der Waals surface area (Å²) in [6.45, 7) is 5.38. The Hall–Kier alpha value is -3.66. The van der Waals surface area contributed by atoms with Gasteiger partial charge in [0, 0.05) is 60.8 Å². The summed E-state index contributed by atoms with van der Waals surface area (Å²) >= 11 is 0. The molecule has 4 aromatic rings. The number of nitrogens with one attached hydrogen (secondary N) is 2. The SMILES string of the molecule is Cc1cc2c(F)c(Oc3nc(Nc4cc(C5CCC5)no4)cc(N4CCN(C)CC4)n3)ccc2[nH]1. The molecule has 1 aliphatic carbocycles. The van der Waals surface area contributed by atoms with Crippen LogP contribution in [0.4, 0.5) is 21.9 Å². The lowest BCUT2D eigenvalue weighted by molar-refractivity contribution is 0.311. The molecule has 9 nitrogen and oxygen atoms in total. The molecule has 1 aliphatic heterocycles.